The van der Waals surface area contributed by atoms with Crippen molar-refractivity contribution in [1.82, 2.24) is 10.6 Å². The second-order valence-corrected chi connectivity index (χ2v) is 6.56. The van der Waals surface area contributed by atoms with Crippen molar-refractivity contribution < 1.29 is 5.11 Å². The van der Waals surface area contributed by atoms with Gasteiger partial charge in [0.25, 0.3) is 0 Å². The van der Waals surface area contributed by atoms with Gasteiger partial charge in [0, 0.05) is 45.0 Å². The van der Waals surface area contributed by atoms with Gasteiger partial charge in [0.1, 0.15) is 0 Å². The van der Waals surface area contributed by atoms with Crippen LogP contribution in [-0.4, -0.2) is 50.4 Å². The molecule has 0 amide bonds. The number of nitrogens with zero attached hydrogens (tertiary/aromatic N) is 2. The van der Waals surface area contributed by atoms with Gasteiger partial charge < -0.3 is 20.6 Å². The van der Waals surface area contributed by atoms with Gasteiger partial charge in [0.15, 0.2) is 5.96 Å². The Bertz CT molecular complexity index is 472. The lowest BCUT2D eigenvalue weighted by molar-refractivity contribution is 0.253. The number of rotatable bonds is 11. The van der Waals surface area contributed by atoms with Crippen molar-refractivity contribution in [1.29, 1.82) is 0 Å². The van der Waals surface area contributed by atoms with E-state index in [-0.39, 0.29) is 6.61 Å². The molecule has 5 nitrogen and oxygen atoms in total. The molecule has 1 aromatic carbocycles. The summed E-state index contributed by atoms with van der Waals surface area (Å²) in [6.45, 7) is 9.11. The van der Waals surface area contributed by atoms with E-state index in [0.717, 1.165) is 44.9 Å². The highest BCUT2D eigenvalue weighted by molar-refractivity contribution is 5.79. The SMILES string of the molecule is CCCC(CCO)CN=C(NCC)NCC(C)N(C)c1ccccc1. The maximum Gasteiger partial charge on any atom is 0.191 e. The number of anilines is 1. The normalized spacial score (nSPS) is 14.0. The number of likely N-dealkylation sites (N-methyl/N-ethyl adjacent to an activating group) is 1. The molecule has 2 atom stereocenters. The smallest absolute Gasteiger partial charge is 0.191 e. The van der Waals surface area contributed by atoms with E-state index in [0.29, 0.717) is 12.0 Å². The highest BCUT2D eigenvalue weighted by Gasteiger charge is 2.11. The summed E-state index contributed by atoms with van der Waals surface area (Å²) in [5.41, 5.74) is 1.21. The molecule has 3 N–H and O–H groups in total. The van der Waals surface area contributed by atoms with Crippen molar-refractivity contribution in [3.05, 3.63) is 30.3 Å². The van der Waals surface area contributed by atoms with E-state index in [4.69, 9.17) is 4.99 Å². The van der Waals surface area contributed by atoms with Gasteiger partial charge in [0.05, 0.1) is 0 Å². The molecule has 0 saturated heterocycles. The summed E-state index contributed by atoms with van der Waals surface area (Å²) >= 11 is 0. The van der Waals surface area contributed by atoms with Gasteiger partial charge in [-0.3, -0.25) is 4.99 Å². The van der Waals surface area contributed by atoms with Gasteiger partial charge in [0.2, 0.25) is 0 Å². The molecule has 0 heterocycles. The molecule has 0 aliphatic rings. The Labute approximate surface area is 153 Å². The van der Waals surface area contributed by atoms with E-state index >= 15 is 0 Å². The van der Waals surface area contributed by atoms with Crippen LogP contribution in [0.4, 0.5) is 5.69 Å². The zero-order chi connectivity index (χ0) is 18.5. The quantitative estimate of drug-likeness (QED) is 0.425. The largest absolute Gasteiger partial charge is 0.396 e. The van der Waals surface area contributed by atoms with E-state index in [2.05, 4.69) is 67.6 Å². The molecule has 0 aliphatic heterocycles. The Morgan fingerprint density at radius 1 is 1.16 bits per heavy atom. The first-order valence-electron chi connectivity index (χ1n) is 9.53. The van der Waals surface area contributed by atoms with E-state index in [1.54, 1.807) is 0 Å². The number of aliphatic hydroxyl groups is 1. The average Bonchev–Trinajstić information content (AvgIpc) is 2.64. The van der Waals surface area contributed by atoms with Crippen LogP contribution in [0.5, 0.6) is 0 Å². The number of benzene rings is 1. The van der Waals surface area contributed by atoms with Crippen LogP contribution in [0.25, 0.3) is 0 Å². The lowest BCUT2D eigenvalue weighted by atomic mass is 10.0. The number of guanidine groups is 1. The molecule has 5 heteroatoms. The number of hydrogen-bond acceptors (Lipinski definition) is 3. The summed E-state index contributed by atoms with van der Waals surface area (Å²) in [6.07, 6.45) is 3.06. The Balaban J connectivity index is 2.57. The van der Waals surface area contributed by atoms with Crippen LogP contribution < -0.4 is 15.5 Å². The highest BCUT2D eigenvalue weighted by Crippen LogP contribution is 2.13. The minimum absolute atomic E-state index is 0.239. The summed E-state index contributed by atoms with van der Waals surface area (Å²) in [6, 6.07) is 10.8. The van der Waals surface area contributed by atoms with Crippen LogP contribution in [0.15, 0.2) is 35.3 Å². The monoisotopic (exact) mass is 348 g/mol. The second kappa shape index (κ2) is 12.6. The first kappa shape index (κ1) is 21.3. The summed E-state index contributed by atoms with van der Waals surface area (Å²) in [7, 11) is 2.12. The van der Waals surface area contributed by atoms with Crippen molar-refractivity contribution in [3.8, 4) is 0 Å². The van der Waals surface area contributed by atoms with Gasteiger partial charge in [-0.05, 0) is 44.7 Å². The Morgan fingerprint density at radius 3 is 2.48 bits per heavy atom. The minimum atomic E-state index is 0.239. The zero-order valence-corrected chi connectivity index (χ0v) is 16.3. The molecule has 0 aliphatic carbocycles. The van der Waals surface area contributed by atoms with Gasteiger partial charge in [-0.25, -0.2) is 0 Å². The van der Waals surface area contributed by atoms with Gasteiger partial charge in [-0.2, -0.15) is 0 Å². The van der Waals surface area contributed by atoms with Crippen molar-refractivity contribution in [2.45, 2.75) is 46.1 Å². The molecular weight excluding hydrogens is 312 g/mol. The van der Waals surface area contributed by atoms with E-state index < -0.39 is 0 Å². The lowest BCUT2D eigenvalue weighted by Crippen LogP contribution is -2.45. The Kier molecular flexibility index (Phi) is 10.7. The van der Waals surface area contributed by atoms with Crippen LogP contribution in [0.3, 0.4) is 0 Å². The summed E-state index contributed by atoms with van der Waals surface area (Å²) in [5.74, 6) is 1.31. The van der Waals surface area contributed by atoms with Crippen molar-refractivity contribution in [2.75, 3.05) is 38.2 Å². The average molecular weight is 349 g/mol. The number of nitrogens with one attached hydrogen (secondary N) is 2. The van der Waals surface area contributed by atoms with E-state index in [1.807, 2.05) is 6.07 Å². The third-order valence-corrected chi connectivity index (χ3v) is 4.48. The standard InChI is InChI=1S/C20H36N4O/c1-5-10-18(13-14-25)16-23-20(21-6-2)22-15-17(3)24(4)19-11-8-7-9-12-19/h7-9,11-12,17-18,25H,5-6,10,13-16H2,1-4H3,(H2,21,22,23). The number of aliphatic imine (C=N–C) groups is 1. The minimum Gasteiger partial charge on any atom is -0.396 e. The molecule has 2 unspecified atom stereocenters. The van der Waals surface area contributed by atoms with Gasteiger partial charge in [-0.15, -0.1) is 0 Å². The van der Waals surface area contributed by atoms with Crippen LogP contribution in [0.2, 0.25) is 0 Å². The summed E-state index contributed by atoms with van der Waals surface area (Å²) in [5, 5.41) is 16.0. The molecule has 0 spiro atoms. The molecule has 25 heavy (non-hydrogen) atoms. The highest BCUT2D eigenvalue weighted by atomic mass is 16.3. The number of aliphatic hydroxyl groups excluding tert-OH is 1. The molecule has 0 radical (unpaired) electrons. The number of para-hydroxylation sites is 1. The first-order valence-corrected chi connectivity index (χ1v) is 9.53. The fourth-order valence-electron chi connectivity index (χ4n) is 2.78. The second-order valence-electron chi connectivity index (χ2n) is 6.56. The molecule has 142 valence electrons. The van der Waals surface area contributed by atoms with Crippen molar-refractivity contribution in [2.24, 2.45) is 10.9 Å². The van der Waals surface area contributed by atoms with Crippen molar-refractivity contribution in [3.63, 3.8) is 0 Å². The molecular formula is C20H36N4O. The molecule has 1 aromatic rings. The summed E-state index contributed by atoms with van der Waals surface area (Å²) in [4.78, 5) is 6.99. The van der Waals surface area contributed by atoms with Crippen LogP contribution >= 0.6 is 0 Å². The predicted molar refractivity (Wildman–Crippen MR) is 108 cm³/mol. The lowest BCUT2D eigenvalue weighted by Gasteiger charge is -2.28. The fraction of sp³-hybridized carbons (Fsp3) is 0.650. The van der Waals surface area contributed by atoms with E-state index in [1.165, 1.54) is 5.69 Å². The third-order valence-electron chi connectivity index (χ3n) is 4.48. The fourth-order valence-corrected chi connectivity index (χ4v) is 2.78. The van der Waals surface area contributed by atoms with Crippen LogP contribution in [0.1, 0.15) is 40.0 Å². The Hall–Kier alpha value is -1.75. The van der Waals surface area contributed by atoms with Crippen molar-refractivity contribution >= 4 is 11.6 Å². The summed E-state index contributed by atoms with van der Waals surface area (Å²) < 4.78 is 0. The molecule has 1 rings (SSSR count). The predicted octanol–water partition coefficient (Wildman–Crippen LogP) is 2.87. The van der Waals surface area contributed by atoms with E-state index in [9.17, 15) is 5.11 Å². The van der Waals surface area contributed by atoms with Crippen LogP contribution in [0, 0.1) is 5.92 Å². The first-order chi connectivity index (χ1) is 12.1. The molecule has 0 fully saturated rings. The topological polar surface area (TPSA) is 59.9 Å². The van der Waals surface area contributed by atoms with Gasteiger partial charge >= 0.3 is 0 Å². The maximum atomic E-state index is 9.19. The third kappa shape index (κ3) is 8.25. The van der Waals surface area contributed by atoms with Gasteiger partial charge in [-0.1, -0.05) is 31.5 Å². The maximum absolute atomic E-state index is 9.19. The molecule has 0 aromatic heterocycles. The molecule has 0 bridgehead atoms. The molecule has 0 saturated carbocycles. The zero-order valence-electron chi connectivity index (χ0n) is 16.3. The van der Waals surface area contributed by atoms with Crippen LogP contribution in [-0.2, 0) is 0 Å². The number of hydrogen-bond donors (Lipinski definition) is 3. The Morgan fingerprint density at radius 2 is 1.88 bits per heavy atom.